The highest BCUT2D eigenvalue weighted by atomic mass is 16.5. The Kier molecular flexibility index (Phi) is 2.93. The van der Waals surface area contributed by atoms with E-state index in [0.29, 0.717) is 6.54 Å². The largest absolute Gasteiger partial charge is 0.469 e. The van der Waals surface area contributed by atoms with Gasteiger partial charge in [0.25, 0.3) is 0 Å². The highest BCUT2D eigenvalue weighted by Gasteiger charge is 2.40. The molecule has 1 heterocycles. The van der Waals surface area contributed by atoms with Gasteiger partial charge in [-0.1, -0.05) is 12.8 Å². The van der Waals surface area contributed by atoms with Crippen molar-refractivity contribution in [1.29, 1.82) is 0 Å². The van der Waals surface area contributed by atoms with Crippen LogP contribution in [0, 0.1) is 17.8 Å². The van der Waals surface area contributed by atoms with Crippen LogP contribution in [-0.2, 0) is 14.3 Å². The topological polar surface area (TPSA) is 55.4 Å². The van der Waals surface area contributed by atoms with Crippen LogP contribution in [0.25, 0.3) is 0 Å². The monoisotopic (exact) mass is 211 g/mol. The second-order valence-corrected chi connectivity index (χ2v) is 4.50. The van der Waals surface area contributed by atoms with Gasteiger partial charge in [-0.05, 0) is 18.8 Å². The first kappa shape index (κ1) is 10.5. The number of methoxy groups -OCH3 is 1. The summed E-state index contributed by atoms with van der Waals surface area (Å²) in [4.78, 5) is 22.9. The van der Waals surface area contributed by atoms with Crippen LogP contribution < -0.4 is 5.32 Å². The quantitative estimate of drug-likeness (QED) is 0.697. The maximum absolute atomic E-state index is 11.5. The summed E-state index contributed by atoms with van der Waals surface area (Å²) in [5.41, 5.74) is 0. The number of carbonyl (C=O) groups is 2. The van der Waals surface area contributed by atoms with Crippen LogP contribution in [0.3, 0.4) is 0 Å². The van der Waals surface area contributed by atoms with Gasteiger partial charge in [0, 0.05) is 6.54 Å². The normalized spacial score (nSPS) is 30.1. The number of rotatable bonds is 4. The molecule has 15 heavy (non-hydrogen) atoms. The summed E-state index contributed by atoms with van der Waals surface area (Å²) in [6, 6.07) is 0. The fraction of sp³-hybridized carbons (Fsp3) is 0.818. The minimum atomic E-state index is -0.263. The Morgan fingerprint density at radius 1 is 1.47 bits per heavy atom. The van der Waals surface area contributed by atoms with Gasteiger partial charge in [-0.15, -0.1) is 0 Å². The number of hydrogen-bond donors (Lipinski definition) is 1. The molecule has 2 unspecified atom stereocenters. The smallest absolute Gasteiger partial charge is 0.311 e. The van der Waals surface area contributed by atoms with E-state index < -0.39 is 0 Å². The zero-order chi connectivity index (χ0) is 10.8. The van der Waals surface area contributed by atoms with Crippen molar-refractivity contribution >= 4 is 11.9 Å². The van der Waals surface area contributed by atoms with Crippen molar-refractivity contribution in [2.45, 2.75) is 25.7 Å². The molecule has 1 saturated carbocycles. The summed E-state index contributed by atoms with van der Waals surface area (Å²) in [5, 5.41) is 2.74. The summed E-state index contributed by atoms with van der Waals surface area (Å²) in [7, 11) is 1.38. The van der Waals surface area contributed by atoms with Crippen LogP contribution in [0.4, 0.5) is 0 Å². The molecule has 0 spiro atoms. The Morgan fingerprint density at radius 2 is 2.20 bits per heavy atom. The lowest BCUT2D eigenvalue weighted by Gasteiger charge is -2.13. The van der Waals surface area contributed by atoms with E-state index in [0.717, 1.165) is 18.8 Å². The lowest BCUT2D eigenvalue weighted by atomic mass is 9.90. The molecule has 2 fully saturated rings. The molecule has 1 aliphatic carbocycles. The number of hydrogen-bond acceptors (Lipinski definition) is 3. The molecule has 0 aromatic heterocycles. The molecule has 2 aliphatic rings. The van der Waals surface area contributed by atoms with Gasteiger partial charge >= 0.3 is 5.97 Å². The maximum Gasteiger partial charge on any atom is 0.311 e. The van der Waals surface area contributed by atoms with Gasteiger partial charge < -0.3 is 10.1 Å². The first-order valence-corrected chi connectivity index (χ1v) is 5.58. The third-order valence-corrected chi connectivity index (χ3v) is 3.41. The summed E-state index contributed by atoms with van der Waals surface area (Å²) < 4.78 is 4.70. The lowest BCUT2D eigenvalue weighted by molar-refractivity contribution is -0.147. The standard InChI is InChI=1S/C11H17NO3/c1-15-11(14)9-6-12-10(13)8(9)5-4-7-2-3-7/h7-9H,2-6H2,1H3,(H,12,13). The summed E-state index contributed by atoms with van der Waals surface area (Å²) >= 11 is 0. The molecule has 84 valence electrons. The molecule has 2 atom stereocenters. The van der Waals surface area contributed by atoms with E-state index in [1.54, 1.807) is 0 Å². The molecule has 0 aromatic rings. The molecule has 1 saturated heterocycles. The average molecular weight is 211 g/mol. The van der Waals surface area contributed by atoms with Crippen LogP contribution in [0.5, 0.6) is 0 Å². The first-order valence-electron chi connectivity index (χ1n) is 5.58. The summed E-state index contributed by atoms with van der Waals surface area (Å²) in [5.74, 6) is 0.149. The van der Waals surface area contributed by atoms with Gasteiger partial charge in [-0.3, -0.25) is 9.59 Å². The highest BCUT2D eigenvalue weighted by molar-refractivity contribution is 5.88. The van der Waals surface area contributed by atoms with Crippen molar-refractivity contribution in [3.63, 3.8) is 0 Å². The minimum Gasteiger partial charge on any atom is -0.469 e. The van der Waals surface area contributed by atoms with Crippen molar-refractivity contribution in [1.82, 2.24) is 5.32 Å². The van der Waals surface area contributed by atoms with Crippen LogP contribution >= 0.6 is 0 Å². The summed E-state index contributed by atoms with van der Waals surface area (Å²) in [6.07, 6.45) is 4.48. The minimum absolute atomic E-state index is 0.0195. The Labute approximate surface area is 89.4 Å². The molecular weight excluding hydrogens is 194 g/mol. The summed E-state index contributed by atoms with van der Waals surface area (Å²) in [6.45, 7) is 0.445. The van der Waals surface area contributed by atoms with E-state index in [1.807, 2.05) is 0 Å². The first-order chi connectivity index (χ1) is 7.22. The van der Waals surface area contributed by atoms with Gasteiger partial charge in [-0.25, -0.2) is 0 Å². The van der Waals surface area contributed by atoms with E-state index in [9.17, 15) is 9.59 Å². The predicted octanol–water partition coefficient (Wildman–Crippen LogP) is 0.712. The molecule has 4 nitrogen and oxygen atoms in total. The molecule has 2 rings (SSSR count). The predicted molar refractivity (Wildman–Crippen MR) is 54.0 cm³/mol. The number of nitrogens with one attached hydrogen (secondary N) is 1. The SMILES string of the molecule is COC(=O)C1CNC(=O)C1CCC1CC1. The highest BCUT2D eigenvalue weighted by Crippen LogP contribution is 2.36. The Morgan fingerprint density at radius 3 is 2.80 bits per heavy atom. The van der Waals surface area contributed by atoms with Gasteiger partial charge in [0.1, 0.15) is 0 Å². The van der Waals surface area contributed by atoms with Crippen molar-refractivity contribution in [2.75, 3.05) is 13.7 Å². The lowest BCUT2D eigenvalue weighted by Crippen LogP contribution is -2.25. The molecule has 1 amide bonds. The van der Waals surface area contributed by atoms with E-state index >= 15 is 0 Å². The van der Waals surface area contributed by atoms with Crippen molar-refractivity contribution < 1.29 is 14.3 Å². The van der Waals surface area contributed by atoms with Gasteiger partial charge in [0.2, 0.25) is 5.91 Å². The third kappa shape index (κ3) is 2.30. The third-order valence-electron chi connectivity index (χ3n) is 3.41. The van der Waals surface area contributed by atoms with Crippen molar-refractivity contribution in [2.24, 2.45) is 17.8 Å². The maximum atomic E-state index is 11.5. The molecule has 1 aliphatic heterocycles. The number of ether oxygens (including phenoxy) is 1. The second-order valence-electron chi connectivity index (χ2n) is 4.50. The molecule has 4 heteroatoms. The van der Waals surface area contributed by atoms with Gasteiger partial charge in [0.15, 0.2) is 0 Å². The zero-order valence-corrected chi connectivity index (χ0v) is 8.99. The van der Waals surface area contributed by atoms with Gasteiger partial charge in [0.05, 0.1) is 18.9 Å². The molecule has 0 aromatic carbocycles. The van der Waals surface area contributed by atoms with Gasteiger partial charge in [-0.2, -0.15) is 0 Å². The molecule has 0 radical (unpaired) electrons. The Balaban J connectivity index is 1.91. The van der Waals surface area contributed by atoms with E-state index in [2.05, 4.69) is 5.32 Å². The van der Waals surface area contributed by atoms with E-state index in [1.165, 1.54) is 20.0 Å². The Hall–Kier alpha value is -1.06. The molecular formula is C11H17NO3. The van der Waals surface area contributed by atoms with E-state index in [4.69, 9.17) is 4.74 Å². The van der Waals surface area contributed by atoms with Crippen molar-refractivity contribution in [3.8, 4) is 0 Å². The molecule has 0 bridgehead atoms. The van der Waals surface area contributed by atoms with E-state index in [-0.39, 0.29) is 23.7 Å². The average Bonchev–Trinajstić information content (AvgIpc) is 2.99. The second kappa shape index (κ2) is 4.21. The number of amides is 1. The fourth-order valence-electron chi connectivity index (χ4n) is 2.22. The van der Waals surface area contributed by atoms with Crippen LogP contribution in [0.1, 0.15) is 25.7 Å². The van der Waals surface area contributed by atoms with Crippen molar-refractivity contribution in [3.05, 3.63) is 0 Å². The Bertz CT molecular complexity index is 273. The zero-order valence-electron chi connectivity index (χ0n) is 8.99. The van der Waals surface area contributed by atoms with Crippen LogP contribution in [-0.4, -0.2) is 25.5 Å². The number of esters is 1. The molecule has 1 N–H and O–H groups in total. The number of carbonyl (C=O) groups excluding carboxylic acids is 2. The fourth-order valence-corrected chi connectivity index (χ4v) is 2.22. The van der Waals surface area contributed by atoms with Crippen LogP contribution in [0.15, 0.2) is 0 Å². The van der Waals surface area contributed by atoms with Crippen LogP contribution in [0.2, 0.25) is 0 Å².